The lowest BCUT2D eigenvalue weighted by Gasteiger charge is -2.06. The molecule has 0 aliphatic carbocycles. The van der Waals surface area contributed by atoms with Gasteiger partial charge in [0.1, 0.15) is 5.56 Å². The Morgan fingerprint density at radius 3 is 2.55 bits per heavy atom. The van der Waals surface area contributed by atoms with Crippen molar-refractivity contribution < 1.29 is 9.53 Å². The predicted molar refractivity (Wildman–Crippen MR) is 84.4 cm³/mol. The van der Waals surface area contributed by atoms with Gasteiger partial charge in [0.25, 0.3) is 5.56 Å². The molecule has 0 saturated carbocycles. The molecule has 0 saturated heterocycles. The van der Waals surface area contributed by atoms with E-state index in [1.54, 1.807) is 13.1 Å². The van der Waals surface area contributed by atoms with Crippen molar-refractivity contribution in [3.63, 3.8) is 0 Å². The molecule has 0 aliphatic heterocycles. The van der Waals surface area contributed by atoms with Crippen LogP contribution >= 0.6 is 0 Å². The molecule has 0 atom stereocenters. The van der Waals surface area contributed by atoms with Crippen LogP contribution in [0.15, 0.2) is 29.3 Å². The van der Waals surface area contributed by atoms with E-state index in [0.29, 0.717) is 5.69 Å². The van der Waals surface area contributed by atoms with Crippen molar-refractivity contribution in [3.05, 3.63) is 46.1 Å². The summed E-state index contributed by atoms with van der Waals surface area (Å²) in [6, 6.07) is 3.63. The maximum absolute atomic E-state index is 11.7. The molecule has 0 aliphatic rings. The van der Waals surface area contributed by atoms with Gasteiger partial charge in [-0.15, -0.1) is 0 Å². The number of aryl methyl sites for hydroxylation is 1. The fourth-order valence-electron chi connectivity index (χ4n) is 1.49. The highest BCUT2D eigenvalue weighted by molar-refractivity contribution is 5.88. The fraction of sp³-hybridized carbons (Fsp3) is 0.333. The van der Waals surface area contributed by atoms with Gasteiger partial charge in [0.2, 0.25) is 5.95 Å². The minimum Gasteiger partial charge on any atom is -0.462 e. The van der Waals surface area contributed by atoms with Gasteiger partial charge < -0.3 is 10.1 Å². The zero-order valence-corrected chi connectivity index (χ0v) is 13.1. The fourth-order valence-corrected chi connectivity index (χ4v) is 1.49. The molecule has 2 rings (SSSR count). The summed E-state index contributed by atoms with van der Waals surface area (Å²) >= 11 is 0. The van der Waals surface area contributed by atoms with Crippen LogP contribution in [0, 0.1) is 6.92 Å². The monoisotopic (exact) mass is 304 g/mol. The maximum Gasteiger partial charge on any atom is 0.345 e. The predicted octanol–water partition coefficient (Wildman–Crippen LogP) is 2.42. The maximum atomic E-state index is 11.7. The van der Waals surface area contributed by atoms with Crippen LogP contribution in [-0.4, -0.2) is 27.5 Å². The number of pyridine rings is 1. The highest BCUT2D eigenvalue weighted by Gasteiger charge is 2.12. The normalized spacial score (nSPS) is 9.45. The average Bonchev–Trinajstić information content (AvgIpc) is 2.52. The average molecular weight is 304 g/mol. The molecule has 2 heterocycles. The quantitative estimate of drug-likeness (QED) is 0.842. The van der Waals surface area contributed by atoms with E-state index in [1.807, 2.05) is 32.9 Å². The summed E-state index contributed by atoms with van der Waals surface area (Å²) in [4.78, 5) is 33.8. The highest BCUT2D eigenvalue weighted by Crippen LogP contribution is 2.10. The van der Waals surface area contributed by atoms with E-state index in [9.17, 15) is 9.59 Å². The van der Waals surface area contributed by atoms with Gasteiger partial charge in [-0.3, -0.25) is 14.8 Å². The zero-order chi connectivity index (χ0) is 16.5. The number of carbonyl (C=O) groups excluding carboxylic acids is 1. The van der Waals surface area contributed by atoms with Crippen molar-refractivity contribution in [1.29, 1.82) is 0 Å². The van der Waals surface area contributed by atoms with Gasteiger partial charge in [0.15, 0.2) is 0 Å². The van der Waals surface area contributed by atoms with Crippen molar-refractivity contribution in [2.45, 2.75) is 27.7 Å². The van der Waals surface area contributed by atoms with Crippen LogP contribution in [0.5, 0.6) is 0 Å². The van der Waals surface area contributed by atoms with Gasteiger partial charge >= 0.3 is 5.97 Å². The Bertz CT molecular complexity index is 665. The smallest absolute Gasteiger partial charge is 0.345 e. The Kier molecular flexibility index (Phi) is 6.75. The molecule has 2 N–H and O–H groups in total. The van der Waals surface area contributed by atoms with Crippen LogP contribution in [-0.2, 0) is 4.74 Å². The Balaban J connectivity index is 0.00000116. The third-order valence-electron chi connectivity index (χ3n) is 2.47. The van der Waals surface area contributed by atoms with Crippen molar-refractivity contribution in [1.82, 2.24) is 15.0 Å². The number of anilines is 2. The molecule has 22 heavy (non-hydrogen) atoms. The number of rotatable bonds is 4. The van der Waals surface area contributed by atoms with Gasteiger partial charge in [-0.2, -0.15) is 0 Å². The SMILES string of the molecule is CC.CCOC(=O)c1cnc(Nc2ccc(C)nc2)[nH]c1=O. The van der Waals surface area contributed by atoms with E-state index in [2.05, 4.69) is 20.3 Å². The van der Waals surface area contributed by atoms with Crippen molar-refractivity contribution >= 4 is 17.6 Å². The Morgan fingerprint density at radius 1 is 1.27 bits per heavy atom. The first-order chi connectivity index (χ1) is 10.6. The van der Waals surface area contributed by atoms with Crippen molar-refractivity contribution in [2.75, 3.05) is 11.9 Å². The van der Waals surface area contributed by atoms with Crippen LogP contribution in [0.2, 0.25) is 0 Å². The molecule has 0 fully saturated rings. The third kappa shape index (κ3) is 4.69. The van der Waals surface area contributed by atoms with Crippen molar-refractivity contribution in [3.8, 4) is 0 Å². The van der Waals surface area contributed by atoms with Gasteiger partial charge in [0, 0.05) is 5.69 Å². The Labute approximate surface area is 128 Å². The second-order valence-corrected chi connectivity index (χ2v) is 4.01. The lowest BCUT2D eigenvalue weighted by Crippen LogP contribution is -2.21. The number of hydrogen-bond donors (Lipinski definition) is 2. The summed E-state index contributed by atoms with van der Waals surface area (Å²) < 4.78 is 4.75. The van der Waals surface area contributed by atoms with Crippen LogP contribution in [0.1, 0.15) is 36.8 Å². The van der Waals surface area contributed by atoms with Crippen LogP contribution in [0.3, 0.4) is 0 Å². The van der Waals surface area contributed by atoms with Crippen molar-refractivity contribution in [2.24, 2.45) is 0 Å². The highest BCUT2D eigenvalue weighted by atomic mass is 16.5. The lowest BCUT2D eigenvalue weighted by atomic mass is 10.3. The molecule has 0 amide bonds. The molecule has 118 valence electrons. The van der Waals surface area contributed by atoms with Gasteiger partial charge in [0.05, 0.1) is 24.7 Å². The van der Waals surface area contributed by atoms with E-state index in [4.69, 9.17) is 4.74 Å². The zero-order valence-electron chi connectivity index (χ0n) is 13.1. The Hall–Kier alpha value is -2.70. The molecule has 0 radical (unpaired) electrons. The molecule has 0 spiro atoms. The second kappa shape index (κ2) is 8.56. The van der Waals surface area contributed by atoms with E-state index < -0.39 is 11.5 Å². The largest absolute Gasteiger partial charge is 0.462 e. The Morgan fingerprint density at radius 2 is 2.00 bits per heavy atom. The molecular weight excluding hydrogens is 284 g/mol. The third-order valence-corrected chi connectivity index (χ3v) is 2.47. The molecule has 2 aromatic heterocycles. The topological polar surface area (TPSA) is 97.0 Å². The standard InChI is InChI=1S/C13H14N4O3.C2H6/c1-3-20-12(19)10-7-15-13(17-11(10)18)16-9-5-4-8(2)14-6-9;1-2/h4-7H,3H2,1-2H3,(H2,15,16,17,18);1-2H3. The number of carbonyl (C=O) groups is 1. The van der Waals surface area contributed by atoms with E-state index in [1.165, 1.54) is 6.20 Å². The number of aromatic nitrogens is 3. The second-order valence-electron chi connectivity index (χ2n) is 4.01. The van der Waals surface area contributed by atoms with Crippen LogP contribution < -0.4 is 10.9 Å². The van der Waals surface area contributed by atoms with Gasteiger partial charge in [-0.05, 0) is 26.0 Å². The van der Waals surface area contributed by atoms with Gasteiger partial charge in [-0.25, -0.2) is 9.78 Å². The molecule has 0 bridgehead atoms. The summed E-state index contributed by atoms with van der Waals surface area (Å²) in [5.74, 6) is -0.460. The summed E-state index contributed by atoms with van der Waals surface area (Å²) in [7, 11) is 0. The number of aromatic amines is 1. The van der Waals surface area contributed by atoms with E-state index in [-0.39, 0.29) is 18.1 Å². The van der Waals surface area contributed by atoms with E-state index in [0.717, 1.165) is 5.69 Å². The number of hydrogen-bond acceptors (Lipinski definition) is 6. The minimum atomic E-state index is -0.690. The number of H-pyrrole nitrogens is 1. The summed E-state index contributed by atoms with van der Waals surface area (Å²) in [5.41, 5.74) is 0.887. The molecule has 0 aromatic carbocycles. The number of nitrogens with one attached hydrogen (secondary N) is 2. The lowest BCUT2D eigenvalue weighted by molar-refractivity contribution is 0.0524. The van der Waals surface area contributed by atoms with Crippen LogP contribution in [0.25, 0.3) is 0 Å². The van der Waals surface area contributed by atoms with Gasteiger partial charge in [-0.1, -0.05) is 13.8 Å². The van der Waals surface area contributed by atoms with Crippen LogP contribution in [0.4, 0.5) is 11.6 Å². The molecule has 7 heteroatoms. The molecule has 0 unspecified atom stereocenters. The first kappa shape index (κ1) is 17.4. The molecular formula is C15H20N4O3. The first-order valence-electron chi connectivity index (χ1n) is 7.06. The first-order valence-corrected chi connectivity index (χ1v) is 7.06. The summed E-state index contributed by atoms with van der Waals surface area (Å²) in [6.45, 7) is 7.74. The number of nitrogens with zero attached hydrogens (tertiary/aromatic N) is 2. The minimum absolute atomic E-state index is 0.126. The number of esters is 1. The molecule has 7 nitrogen and oxygen atoms in total. The number of ether oxygens (including phenoxy) is 1. The summed E-state index contributed by atoms with van der Waals surface area (Å²) in [5, 5.41) is 2.89. The van der Waals surface area contributed by atoms with E-state index >= 15 is 0 Å². The molecule has 2 aromatic rings. The summed E-state index contributed by atoms with van der Waals surface area (Å²) in [6.07, 6.45) is 2.80.